The molecule has 2 atom stereocenters. The maximum atomic E-state index is 10.6. The van der Waals surface area contributed by atoms with Gasteiger partial charge in [0.15, 0.2) is 0 Å². The summed E-state index contributed by atoms with van der Waals surface area (Å²) in [6.07, 6.45) is 0.384. The van der Waals surface area contributed by atoms with Crippen LogP contribution in [0.4, 0.5) is 0 Å². The third-order valence-corrected chi connectivity index (χ3v) is 1.69. The van der Waals surface area contributed by atoms with Gasteiger partial charge in [0.05, 0.1) is 19.6 Å². The summed E-state index contributed by atoms with van der Waals surface area (Å²) in [6, 6.07) is 2.15. The first kappa shape index (κ1) is 8.02. The molecule has 1 heterocycles. The van der Waals surface area contributed by atoms with Crippen molar-refractivity contribution >= 4 is 5.97 Å². The van der Waals surface area contributed by atoms with Crippen LogP contribution in [0.15, 0.2) is 0 Å². The third kappa shape index (κ3) is 2.20. The zero-order valence-corrected chi connectivity index (χ0v) is 6.41. The zero-order valence-electron chi connectivity index (χ0n) is 6.41. The van der Waals surface area contributed by atoms with Crippen molar-refractivity contribution in [3.63, 3.8) is 0 Å². The molecule has 1 saturated heterocycles. The van der Waals surface area contributed by atoms with Gasteiger partial charge in [0, 0.05) is 13.1 Å². The SMILES string of the molecule is COC(=O)CCN1CC1C#N. The van der Waals surface area contributed by atoms with E-state index in [9.17, 15) is 4.79 Å². The van der Waals surface area contributed by atoms with E-state index in [4.69, 9.17) is 5.26 Å². The number of ether oxygens (including phenoxy) is 1. The van der Waals surface area contributed by atoms with E-state index < -0.39 is 0 Å². The van der Waals surface area contributed by atoms with Gasteiger partial charge in [-0.2, -0.15) is 5.26 Å². The highest BCUT2D eigenvalue weighted by Crippen LogP contribution is 2.15. The van der Waals surface area contributed by atoms with Gasteiger partial charge < -0.3 is 4.74 Å². The Morgan fingerprint density at radius 2 is 2.64 bits per heavy atom. The minimum Gasteiger partial charge on any atom is -0.469 e. The Balaban J connectivity index is 2.07. The second-order valence-electron chi connectivity index (χ2n) is 2.47. The van der Waals surface area contributed by atoms with E-state index in [0.717, 1.165) is 6.54 Å². The van der Waals surface area contributed by atoms with Crippen molar-refractivity contribution in [1.82, 2.24) is 4.90 Å². The molecule has 1 aliphatic rings. The fraction of sp³-hybridized carbons (Fsp3) is 0.714. The normalized spacial score (nSPS) is 27.3. The molecule has 0 N–H and O–H groups in total. The van der Waals surface area contributed by atoms with Crippen molar-refractivity contribution in [2.45, 2.75) is 12.5 Å². The van der Waals surface area contributed by atoms with Crippen LogP contribution in [0, 0.1) is 11.3 Å². The average molecular weight is 154 g/mol. The molecule has 2 unspecified atom stereocenters. The lowest BCUT2D eigenvalue weighted by molar-refractivity contribution is -0.140. The highest BCUT2D eigenvalue weighted by atomic mass is 16.5. The molecule has 0 aromatic heterocycles. The van der Waals surface area contributed by atoms with Crippen LogP contribution in [-0.4, -0.2) is 37.1 Å². The molecule has 60 valence electrons. The topological polar surface area (TPSA) is 53.1 Å². The molecule has 4 nitrogen and oxygen atoms in total. The predicted octanol–water partition coefficient (Wildman–Crippen LogP) is -0.243. The maximum Gasteiger partial charge on any atom is 0.306 e. The van der Waals surface area contributed by atoms with E-state index in [0.29, 0.717) is 13.0 Å². The monoisotopic (exact) mass is 154 g/mol. The number of hydrogen-bond acceptors (Lipinski definition) is 4. The molecule has 4 heteroatoms. The van der Waals surface area contributed by atoms with Gasteiger partial charge in [-0.05, 0) is 0 Å². The Hall–Kier alpha value is -1.08. The van der Waals surface area contributed by atoms with Crippen molar-refractivity contribution in [2.24, 2.45) is 0 Å². The first-order chi connectivity index (χ1) is 5.27. The van der Waals surface area contributed by atoms with Crippen LogP contribution < -0.4 is 0 Å². The van der Waals surface area contributed by atoms with Crippen molar-refractivity contribution in [3.05, 3.63) is 0 Å². The summed E-state index contributed by atoms with van der Waals surface area (Å²) in [5, 5.41) is 8.39. The average Bonchev–Trinajstić information content (AvgIpc) is 2.78. The highest BCUT2D eigenvalue weighted by molar-refractivity contribution is 5.69. The summed E-state index contributed by atoms with van der Waals surface area (Å²) in [7, 11) is 1.37. The molecule has 0 spiro atoms. The molecule has 0 radical (unpaired) electrons. The first-order valence-electron chi connectivity index (χ1n) is 3.48. The number of nitriles is 1. The molecule has 11 heavy (non-hydrogen) atoms. The summed E-state index contributed by atoms with van der Waals surface area (Å²) in [5.74, 6) is -0.214. The summed E-state index contributed by atoms with van der Waals surface area (Å²) in [5.41, 5.74) is 0. The lowest BCUT2D eigenvalue weighted by atomic mass is 10.4. The molecule has 0 aromatic carbocycles. The minimum absolute atomic E-state index is 0.0413. The molecule has 1 rings (SSSR count). The van der Waals surface area contributed by atoms with Gasteiger partial charge in [-0.1, -0.05) is 0 Å². The van der Waals surface area contributed by atoms with Gasteiger partial charge >= 0.3 is 5.97 Å². The van der Waals surface area contributed by atoms with Crippen molar-refractivity contribution in [1.29, 1.82) is 5.26 Å². The van der Waals surface area contributed by atoms with Gasteiger partial charge in [-0.3, -0.25) is 9.69 Å². The van der Waals surface area contributed by atoms with Crippen molar-refractivity contribution < 1.29 is 9.53 Å². The number of esters is 1. The van der Waals surface area contributed by atoms with Crippen LogP contribution in [0.3, 0.4) is 0 Å². The lowest BCUT2D eigenvalue weighted by Crippen LogP contribution is -2.10. The summed E-state index contributed by atoms with van der Waals surface area (Å²) in [4.78, 5) is 12.5. The predicted molar refractivity (Wildman–Crippen MR) is 37.6 cm³/mol. The van der Waals surface area contributed by atoms with Gasteiger partial charge in [0.25, 0.3) is 0 Å². The number of nitrogens with zero attached hydrogens (tertiary/aromatic N) is 2. The highest BCUT2D eigenvalue weighted by Gasteiger charge is 2.33. The largest absolute Gasteiger partial charge is 0.469 e. The van der Waals surface area contributed by atoms with Crippen LogP contribution in [0.25, 0.3) is 0 Å². The number of hydrogen-bond donors (Lipinski definition) is 0. The molecule has 0 amide bonds. The first-order valence-corrected chi connectivity index (χ1v) is 3.48. The third-order valence-electron chi connectivity index (χ3n) is 1.69. The maximum absolute atomic E-state index is 10.6. The fourth-order valence-electron chi connectivity index (χ4n) is 0.882. The minimum atomic E-state index is -0.214. The standard InChI is InChI=1S/C7H10N2O2/c1-11-7(10)2-3-9-5-6(9)4-8/h6H,2-3,5H2,1H3. The summed E-state index contributed by atoms with van der Waals surface area (Å²) >= 11 is 0. The van der Waals surface area contributed by atoms with Crippen LogP contribution in [0.2, 0.25) is 0 Å². The smallest absolute Gasteiger partial charge is 0.306 e. The Bertz CT molecular complexity index is 197. The Morgan fingerprint density at radius 1 is 1.91 bits per heavy atom. The van der Waals surface area contributed by atoms with E-state index in [1.54, 1.807) is 0 Å². The van der Waals surface area contributed by atoms with Crippen molar-refractivity contribution in [2.75, 3.05) is 20.2 Å². The van der Waals surface area contributed by atoms with Gasteiger partial charge in [-0.15, -0.1) is 0 Å². The molecule has 1 fully saturated rings. The second kappa shape index (κ2) is 3.35. The van der Waals surface area contributed by atoms with E-state index >= 15 is 0 Å². The molecule has 0 aromatic rings. The Morgan fingerprint density at radius 3 is 3.09 bits per heavy atom. The van der Waals surface area contributed by atoms with E-state index in [2.05, 4.69) is 10.8 Å². The summed E-state index contributed by atoms with van der Waals surface area (Å²) < 4.78 is 4.45. The van der Waals surface area contributed by atoms with Gasteiger partial charge in [-0.25, -0.2) is 0 Å². The lowest BCUT2D eigenvalue weighted by Gasteiger charge is -1.98. The zero-order chi connectivity index (χ0) is 8.27. The molecular weight excluding hydrogens is 144 g/mol. The van der Waals surface area contributed by atoms with Crippen LogP contribution in [0.1, 0.15) is 6.42 Å². The van der Waals surface area contributed by atoms with Gasteiger partial charge in [0.2, 0.25) is 0 Å². The molecule has 0 bridgehead atoms. The Kier molecular flexibility index (Phi) is 2.44. The molecular formula is C7H10N2O2. The quantitative estimate of drug-likeness (QED) is 0.415. The Labute approximate surface area is 65.4 Å². The second-order valence-corrected chi connectivity index (χ2v) is 2.47. The van der Waals surface area contributed by atoms with E-state index in [-0.39, 0.29) is 12.0 Å². The van der Waals surface area contributed by atoms with E-state index in [1.807, 2.05) is 4.90 Å². The van der Waals surface area contributed by atoms with Gasteiger partial charge in [0.1, 0.15) is 6.04 Å². The number of carbonyl (C=O) groups excluding carboxylic acids is 1. The summed E-state index contributed by atoms with van der Waals surface area (Å²) in [6.45, 7) is 1.44. The number of carbonyl (C=O) groups is 1. The van der Waals surface area contributed by atoms with Crippen LogP contribution in [-0.2, 0) is 9.53 Å². The van der Waals surface area contributed by atoms with Crippen LogP contribution in [0.5, 0.6) is 0 Å². The number of rotatable bonds is 3. The van der Waals surface area contributed by atoms with Crippen LogP contribution >= 0.6 is 0 Å². The van der Waals surface area contributed by atoms with Crippen molar-refractivity contribution in [3.8, 4) is 6.07 Å². The molecule has 0 aliphatic carbocycles. The molecule has 1 aliphatic heterocycles. The number of methoxy groups -OCH3 is 1. The molecule has 0 saturated carbocycles. The van der Waals surface area contributed by atoms with E-state index in [1.165, 1.54) is 7.11 Å². The fourth-order valence-corrected chi connectivity index (χ4v) is 0.882.